The zero-order valence-electron chi connectivity index (χ0n) is 11.5. The van der Waals surface area contributed by atoms with Gasteiger partial charge >= 0.3 is 17.5 Å². The molecule has 0 aliphatic heterocycles. The van der Waals surface area contributed by atoms with Crippen molar-refractivity contribution in [2.45, 2.75) is 6.42 Å². The van der Waals surface area contributed by atoms with Gasteiger partial charge in [-0.1, -0.05) is 30.3 Å². The molecule has 0 saturated heterocycles. The lowest BCUT2D eigenvalue weighted by Gasteiger charge is -2.09. The van der Waals surface area contributed by atoms with Crippen molar-refractivity contribution in [1.82, 2.24) is 0 Å². The molecule has 0 aliphatic rings. The Kier molecular flexibility index (Phi) is 4.50. The Morgan fingerprint density at radius 2 is 1.70 bits per heavy atom. The molecule has 0 aromatic heterocycles. The summed E-state index contributed by atoms with van der Waals surface area (Å²) in [6.07, 6.45) is -1.75. The van der Waals surface area contributed by atoms with Crippen LogP contribution in [0.2, 0.25) is 0 Å². The summed E-state index contributed by atoms with van der Waals surface area (Å²) in [6, 6.07) is 10.3. The fraction of sp³-hybridized carbons (Fsp3) is 0.0714. The average molecular weight is 318 g/mol. The largest absolute Gasteiger partial charge is 0.511 e. The Balaban J connectivity index is 2.65. The van der Waals surface area contributed by atoms with E-state index in [1.165, 1.54) is 0 Å². The van der Waals surface area contributed by atoms with Gasteiger partial charge in [-0.2, -0.15) is 0 Å². The van der Waals surface area contributed by atoms with Crippen LogP contribution in [0.25, 0.3) is 0 Å². The highest BCUT2D eigenvalue weighted by molar-refractivity contribution is 5.68. The van der Waals surface area contributed by atoms with Crippen molar-refractivity contribution < 1.29 is 24.5 Å². The standard InChI is InChI=1S/C14H10N2O7/c17-14(18)23-12-7-6-11(15(19)20)13(16(21)22)10(12)8-9-4-2-1-3-5-9/h1-7H,8H2,(H,17,18). The second-order valence-electron chi connectivity index (χ2n) is 4.45. The minimum Gasteiger partial charge on any atom is -0.449 e. The summed E-state index contributed by atoms with van der Waals surface area (Å²) in [5.41, 5.74) is -1.06. The molecule has 9 nitrogen and oxygen atoms in total. The molecular weight excluding hydrogens is 308 g/mol. The molecule has 2 rings (SSSR count). The summed E-state index contributed by atoms with van der Waals surface area (Å²) < 4.78 is 4.53. The minimum absolute atomic E-state index is 0.0819. The first-order chi connectivity index (χ1) is 10.9. The first kappa shape index (κ1) is 15.9. The molecule has 2 aromatic rings. The maximum atomic E-state index is 11.3. The molecule has 0 fully saturated rings. The number of nitro groups is 2. The van der Waals surface area contributed by atoms with E-state index in [-0.39, 0.29) is 17.7 Å². The van der Waals surface area contributed by atoms with E-state index in [1.54, 1.807) is 30.3 Å². The Morgan fingerprint density at radius 1 is 1.04 bits per heavy atom. The van der Waals surface area contributed by atoms with Gasteiger partial charge in [0.2, 0.25) is 0 Å². The molecule has 2 aromatic carbocycles. The first-order valence-corrected chi connectivity index (χ1v) is 6.29. The Hall–Kier alpha value is -3.49. The molecule has 23 heavy (non-hydrogen) atoms. The zero-order chi connectivity index (χ0) is 17.0. The maximum Gasteiger partial charge on any atom is 0.511 e. The molecule has 0 spiro atoms. The van der Waals surface area contributed by atoms with E-state index >= 15 is 0 Å². The number of nitro benzene ring substituents is 2. The van der Waals surface area contributed by atoms with E-state index in [4.69, 9.17) is 5.11 Å². The number of carbonyl (C=O) groups is 1. The van der Waals surface area contributed by atoms with Crippen LogP contribution in [-0.2, 0) is 6.42 Å². The highest BCUT2D eigenvalue weighted by Crippen LogP contribution is 2.38. The SMILES string of the molecule is O=C(O)Oc1ccc([N+](=O)[O-])c([N+](=O)[O-])c1Cc1ccccc1. The summed E-state index contributed by atoms with van der Waals surface area (Å²) in [5.74, 6) is -0.307. The molecule has 0 aliphatic carbocycles. The van der Waals surface area contributed by atoms with Gasteiger partial charge in [-0.15, -0.1) is 0 Å². The Bertz CT molecular complexity index is 774. The minimum atomic E-state index is -1.66. The summed E-state index contributed by atoms with van der Waals surface area (Å²) in [6.45, 7) is 0. The van der Waals surface area contributed by atoms with Gasteiger partial charge in [0, 0.05) is 12.5 Å². The topological polar surface area (TPSA) is 133 Å². The highest BCUT2D eigenvalue weighted by Gasteiger charge is 2.32. The number of rotatable bonds is 5. The van der Waals surface area contributed by atoms with E-state index in [9.17, 15) is 25.0 Å². The predicted molar refractivity (Wildman–Crippen MR) is 77.7 cm³/mol. The van der Waals surface area contributed by atoms with Crippen molar-refractivity contribution in [3.63, 3.8) is 0 Å². The van der Waals surface area contributed by atoms with E-state index < -0.39 is 27.4 Å². The van der Waals surface area contributed by atoms with Crippen LogP contribution in [0, 0.1) is 20.2 Å². The van der Waals surface area contributed by atoms with Crippen LogP contribution in [0.5, 0.6) is 5.75 Å². The van der Waals surface area contributed by atoms with Crippen LogP contribution < -0.4 is 4.74 Å². The fourth-order valence-corrected chi connectivity index (χ4v) is 2.12. The van der Waals surface area contributed by atoms with Gasteiger partial charge in [-0.3, -0.25) is 20.2 Å². The molecule has 0 atom stereocenters. The molecule has 1 N–H and O–H groups in total. The summed E-state index contributed by atoms with van der Waals surface area (Å²) in [7, 11) is 0. The summed E-state index contributed by atoms with van der Waals surface area (Å²) >= 11 is 0. The van der Waals surface area contributed by atoms with Crippen molar-refractivity contribution in [2.24, 2.45) is 0 Å². The van der Waals surface area contributed by atoms with Crippen LogP contribution in [-0.4, -0.2) is 21.1 Å². The number of nitrogens with zero attached hydrogens (tertiary/aromatic N) is 2. The van der Waals surface area contributed by atoms with Crippen LogP contribution in [0.15, 0.2) is 42.5 Å². The quantitative estimate of drug-likeness (QED) is 0.387. The van der Waals surface area contributed by atoms with Crippen LogP contribution >= 0.6 is 0 Å². The predicted octanol–water partition coefficient (Wildman–Crippen LogP) is 3.15. The smallest absolute Gasteiger partial charge is 0.449 e. The Morgan fingerprint density at radius 3 is 2.22 bits per heavy atom. The molecule has 0 unspecified atom stereocenters. The summed E-state index contributed by atoms with van der Waals surface area (Å²) in [5, 5.41) is 31.0. The van der Waals surface area contributed by atoms with Gasteiger partial charge in [-0.05, 0) is 11.6 Å². The fourth-order valence-electron chi connectivity index (χ4n) is 2.12. The number of carboxylic acid groups (broad SMARTS) is 1. The third-order valence-corrected chi connectivity index (χ3v) is 3.02. The van der Waals surface area contributed by atoms with Crippen molar-refractivity contribution in [3.8, 4) is 5.75 Å². The number of benzene rings is 2. The molecular formula is C14H10N2O7. The first-order valence-electron chi connectivity index (χ1n) is 6.29. The maximum absolute atomic E-state index is 11.3. The van der Waals surface area contributed by atoms with Gasteiger partial charge in [0.1, 0.15) is 5.75 Å². The van der Waals surface area contributed by atoms with Crippen molar-refractivity contribution >= 4 is 17.5 Å². The second-order valence-corrected chi connectivity index (χ2v) is 4.45. The van der Waals surface area contributed by atoms with E-state index in [2.05, 4.69) is 4.74 Å². The van der Waals surface area contributed by atoms with Crippen molar-refractivity contribution in [1.29, 1.82) is 0 Å². The van der Waals surface area contributed by atoms with Gasteiger partial charge in [0.05, 0.1) is 15.4 Å². The molecule has 0 heterocycles. The number of hydrogen-bond acceptors (Lipinski definition) is 6. The van der Waals surface area contributed by atoms with Crippen molar-refractivity contribution in [3.05, 3.63) is 73.8 Å². The lowest BCUT2D eigenvalue weighted by atomic mass is 10.0. The van der Waals surface area contributed by atoms with E-state index in [0.717, 1.165) is 12.1 Å². The molecule has 0 bridgehead atoms. The zero-order valence-corrected chi connectivity index (χ0v) is 11.5. The van der Waals surface area contributed by atoms with Crippen molar-refractivity contribution in [2.75, 3.05) is 0 Å². The normalized spacial score (nSPS) is 10.1. The second kappa shape index (κ2) is 6.52. The van der Waals surface area contributed by atoms with Gasteiger partial charge in [0.15, 0.2) is 0 Å². The number of ether oxygens (including phenoxy) is 1. The third-order valence-electron chi connectivity index (χ3n) is 3.02. The van der Waals surface area contributed by atoms with E-state index in [0.29, 0.717) is 5.56 Å². The molecule has 0 saturated carbocycles. The average Bonchev–Trinajstić information content (AvgIpc) is 2.48. The van der Waals surface area contributed by atoms with Crippen LogP contribution in [0.1, 0.15) is 11.1 Å². The van der Waals surface area contributed by atoms with Gasteiger partial charge < -0.3 is 9.84 Å². The monoisotopic (exact) mass is 318 g/mol. The molecule has 0 radical (unpaired) electrons. The Labute approximate surface area is 129 Å². The van der Waals surface area contributed by atoms with Gasteiger partial charge in [-0.25, -0.2) is 4.79 Å². The lowest BCUT2D eigenvalue weighted by Crippen LogP contribution is -2.09. The highest BCUT2D eigenvalue weighted by atomic mass is 16.7. The van der Waals surface area contributed by atoms with Gasteiger partial charge in [0.25, 0.3) is 0 Å². The van der Waals surface area contributed by atoms with Crippen LogP contribution in [0.4, 0.5) is 16.2 Å². The van der Waals surface area contributed by atoms with E-state index in [1.807, 2.05) is 0 Å². The molecule has 118 valence electrons. The lowest BCUT2D eigenvalue weighted by molar-refractivity contribution is -0.423. The number of hydrogen-bond donors (Lipinski definition) is 1. The summed E-state index contributed by atoms with van der Waals surface area (Å²) in [4.78, 5) is 31.2. The van der Waals surface area contributed by atoms with Crippen LogP contribution in [0.3, 0.4) is 0 Å². The molecule has 0 amide bonds. The molecule has 9 heteroatoms. The third kappa shape index (κ3) is 3.59.